The maximum atomic E-state index is 5.42. The first-order chi connectivity index (χ1) is 11.6. The lowest BCUT2D eigenvalue weighted by Gasteiger charge is -2.37. The van der Waals surface area contributed by atoms with E-state index in [1.807, 2.05) is 0 Å². The van der Waals surface area contributed by atoms with Crippen molar-refractivity contribution in [1.82, 2.24) is 25.6 Å². The number of guanidine groups is 1. The van der Waals surface area contributed by atoms with Crippen LogP contribution < -0.4 is 10.6 Å². The molecule has 1 aliphatic heterocycles. The maximum Gasteiger partial charge on any atom is 0.191 e. The van der Waals surface area contributed by atoms with Crippen LogP contribution in [0.4, 0.5) is 0 Å². The van der Waals surface area contributed by atoms with Gasteiger partial charge in [0.25, 0.3) is 0 Å². The molecule has 7 heteroatoms. The van der Waals surface area contributed by atoms with E-state index in [9.17, 15) is 0 Å². The topological polar surface area (TPSA) is 68.9 Å². The average molecular weight is 336 g/mol. The third kappa shape index (κ3) is 4.70. The van der Waals surface area contributed by atoms with E-state index in [1.54, 1.807) is 7.05 Å². The smallest absolute Gasteiger partial charge is 0.191 e. The second kappa shape index (κ2) is 9.03. The summed E-state index contributed by atoms with van der Waals surface area (Å²) >= 11 is 0. The number of piperazine rings is 1. The van der Waals surface area contributed by atoms with E-state index in [2.05, 4.69) is 58.5 Å². The lowest BCUT2D eigenvalue weighted by molar-refractivity contribution is 0.116. The Bertz CT molecular complexity index is 520. The van der Waals surface area contributed by atoms with Crippen LogP contribution in [0.25, 0.3) is 0 Å². The molecule has 0 aliphatic carbocycles. The van der Waals surface area contributed by atoms with Gasteiger partial charge in [0.1, 0.15) is 5.76 Å². The van der Waals surface area contributed by atoms with E-state index in [4.69, 9.17) is 4.52 Å². The maximum absolute atomic E-state index is 5.42. The molecule has 7 nitrogen and oxygen atoms in total. The second-order valence-corrected chi connectivity index (χ2v) is 6.44. The minimum atomic E-state index is 0.496. The molecule has 0 spiro atoms. The van der Waals surface area contributed by atoms with Crippen LogP contribution in [-0.2, 0) is 19.4 Å². The van der Waals surface area contributed by atoms with Crippen molar-refractivity contribution in [3.05, 3.63) is 17.0 Å². The van der Waals surface area contributed by atoms with Gasteiger partial charge in [-0.3, -0.25) is 9.89 Å². The summed E-state index contributed by atoms with van der Waals surface area (Å²) in [5.74, 6) is 1.78. The number of nitrogens with zero attached hydrogens (tertiary/aromatic N) is 4. The molecule has 0 aromatic carbocycles. The van der Waals surface area contributed by atoms with Crippen LogP contribution in [0.3, 0.4) is 0 Å². The molecule has 0 bridgehead atoms. The predicted molar refractivity (Wildman–Crippen MR) is 97.4 cm³/mol. The van der Waals surface area contributed by atoms with Gasteiger partial charge in [-0.15, -0.1) is 0 Å². The standard InChI is InChI=1S/C17H32N6O/c1-6-15-14(16(7-2)24-21-15)11-20-17(18-3)19-10-13-12-22(4)8-9-23(13)5/h13H,6-12H2,1-5H3,(H2,18,19,20). The van der Waals surface area contributed by atoms with Crippen molar-refractivity contribution >= 4 is 5.96 Å². The summed E-state index contributed by atoms with van der Waals surface area (Å²) in [5, 5.41) is 11.0. The Hall–Kier alpha value is -1.60. The van der Waals surface area contributed by atoms with E-state index in [-0.39, 0.29) is 0 Å². The first-order valence-corrected chi connectivity index (χ1v) is 8.88. The number of aliphatic imine (C=N–C) groups is 1. The number of hydrogen-bond donors (Lipinski definition) is 2. The van der Waals surface area contributed by atoms with E-state index >= 15 is 0 Å². The summed E-state index contributed by atoms with van der Waals surface area (Å²) in [6.45, 7) is 9.07. The first-order valence-electron chi connectivity index (χ1n) is 8.88. The van der Waals surface area contributed by atoms with Gasteiger partial charge in [-0.2, -0.15) is 0 Å². The Morgan fingerprint density at radius 2 is 2.04 bits per heavy atom. The van der Waals surface area contributed by atoms with Crippen molar-refractivity contribution in [2.24, 2.45) is 4.99 Å². The zero-order chi connectivity index (χ0) is 17.5. The van der Waals surface area contributed by atoms with E-state index in [1.165, 1.54) is 0 Å². The highest BCUT2D eigenvalue weighted by atomic mass is 16.5. The van der Waals surface area contributed by atoms with Crippen LogP contribution in [0.1, 0.15) is 30.9 Å². The second-order valence-electron chi connectivity index (χ2n) is 6.44. The third-order valence-electron chi connectivity index (χ3n) is 4.75. The van der Waals surface area contributed by atoms with Crippen LogP contribution in [-0.4, -0.2) is 74.3 Å². The predicted octanol–water partition coefficient (Wildman–Crippen LogP) is 0.710. The molecule has 1 saturated heterocycles. The van der Waals surface area contributed by atoms with Crippen molar-refractivity contribution in [3.8, 4) is 0 Å². The van der Waals surface area contributed by atoms with Crippen LogP contribution in [0.2, 0.25) is 0 Å². The Balaban J connectivity index is 1.88. The molecule has 1 atom stereocenters. The molecule has 0 amide bonds. The van der Waals surface area contributed by atoms with Gasteiger partial charge in [0.15, 0.2) is 5.96 Å². The molecule has 1 fully saturated rings. The van der Waals surface area contributed by atoms with E-state index < -0.39 is 0 Å². The van der Waals surface area contributed by atoms with Crippen molar-refractivity contribution < 1.29 is 4.52 Å². The Kier molecular flexibility index (Phi) is 7.05. The van der Waals surface area contributed by atoms with Crippen LogP contribution in [0, 0.1) is 0 Å². The molecule has 1 aromatic rings. The minimum absolute atomic E-state index is 0.496. The monoisotopic (exact) mass is 336 g/mol. The number of aryl methyl sites for hydroxylation is 2. The largest absolute Gasteiger partial charge is 0.361 e. The van der Waals surface area contributed by atoms with Gasteiger partial charge >= 0.3 is 0 Å². The Morgan fingerprint density at radius 3 is 2.71 bits per heavy atom. The normalized spacial score (nSPS) is 20.4. The number of hydrogen-bond acceptors (Lipinski definition) is 5. The zero-order valence-electron chi connectivity index (χ0n) is 15.7. The lowest BCUT2D eigenvalue weighted by atomic mass is 10.1. The van der Waals surface area contributed by atoms with Gasteiger partial charge < -0.3 is 20.1 Å². The van der Waals surface area contributed by atoms with Crippen molar-refractivity contribution in [3.63, 3.8) is 0 Å². The van der Waals surface area contributed by atoms with Crippen molar-refractivity contribution in [2.45, 2.75) is 39.3 Å². The molecule has 0 radical (unpaired) electrons. The fourth-order valence-corrected chi connectivity index (χ4v) is 3.07. The highest BCUT2D eigenvalue weighted by molar-refractivity contribution is 5.79. The highest BCUT2D eigenvalue weighted by Gasteiger charge is 2.22. The quantitative estimate of drug-likeness (QED) is 0.589. The molecule has 0 saturated carbocycles. The summed E-state index contributed by atoms with van der Waals surface area (Å²) in [5.41, 5.74) is 2.20. The zero-order valence-corrected chi connectivity index (χ0v) is 15.7. The number of rotatable bonds is 6. The van der Waals surface area contributed by atoms with Gasteiger partial charge in [-0.1, -0.05) is 19.0 Å². The third-order valence-corrected chi connectivity index (χ3v) is 4.75. The Labute approximate surface area is 145 Å². The molecule has 1 unspecified atom stereocenters. The van der Waals surface area contributed by atoms with E-state index in [0.717, 1.165) is 62.0 Å². The Morgan fingerprint density at radius 1 is 1.25 bits per heavy atom. The van der Waals surface area contributed by atoms with Crippen molar-refractivity contribution in [2.75, 3.05) is 47.3 Å². The number of aromatic nitrogens is 1. The van der Waals surface area contributed by atoms with Gasteiger partial charge in [-0.05, 0) is 20.5 Å². The molecule has 24 heavy (non-hydrogen) atoms. The fraction of sp³-hybridized carbons (Fsp3) is 0.765. The van der Waals surface area contributed by atoms with Crippen LogP contribution >= 0.6 is 0 Å². The lowest BCUT2D eigenvalue weighted by Crippen LogP contribution is -2.55. The van der Waals surface area contributed by atoms with Crippen molar-refractivity contribution in [1.29, 1.82) is 0 Å². The molecule has 1 aliphatic rings. The molecule has 136 valence electrons. The van der Waals surface area contributed by atoms with Gasteiger partial charge in [0.05, 0.1) is 5.69 Å². The van der Waals surface area contributed by atoms with Gasteiger partial charge in [-0.25, -0.2) is 0 Å². The first kappa shape index (κ1) is 18.7. The number of likely N-dealkylation sites (N-methyl/N-ethyl adjacent to an activating group) is 2. The fourth-order valence-electron chi connectivity index (χ4n) is 3.07. The van der Waals surface area contributed by atoms with E-state index in [0.29, 0.717) is 12.6 Å². The molecule has 2 rings (SSSR count). The molecular weight excluding hydrogens is 304 g/mol. The summed E-state index contributed by atoms with van der Waals surface area (Å²) in [4.78, 5) is 9.12. The molecule has 1 aromatic heterocycles. The minimum Gasteiger partial charge on any atom is -0.361 e. The molecule has 2 N–H and O–H groups in total. The molecule has 2 heterocycles. The summed E-state index contributed by atoms with van der Waals surface area (Å²) < 4.78 is 5.42. The van der Waals surface area contributed by atoms with Crippen LogP contribution in [0.15, 0.2) is 9.52 Å². The van der Waals surface area contributed by atoms with Crippen LogP contribution in [0.5, 0.6) is 0 Å². The summed E-state index contributed by atoms with van der Waals surface area (Å²) in [6, 6.07) is 0.496. The van der Waals surface area contributed by atoms with Gasteiger partial charge in [0.2, 0.25) is 0 Å². The van der Waals surface area contributed by atoms with Gasteiger partial charge in [0, 0.05) is 57.8 Å². The average Bonchev–Trinajstić information content (AvgIpc) is 2.99. The summed E-state index contributed by atoms with van der Waals surface area (Å²) in [7, 11) is 6.17. The summed E-state index contributed by atoms with van der Waals surface area (Å²) in [6.07, 6.45) is 1.74. The highest BCUT2D eigenvalue weighted by Crippen LogP contribution is 2.15. The SMILES string of the molecule is CCc1noc(CC)c1CNC(=NC)NCC1CN(C)CCN1C. The molecular formula is C17H32N6O. The number of nitrogens with one attached hydrogen (secondary N) is 2.